The molecule has 0 aliphatic carbocycles. The number of hydrogen-bond donors (Lipinski definition) is 1. The number of amides is 1. The largest absolute Gasteiger partial charge is 0.496 e. The lowest BCUT2D eigenvalue weighted by molar-refractivity contribution is 0.0526. The summed E-state index contributed by atoms with van der Waals surface area (Å²) >= 11 is 0. The Bertz CT molecular complexity index is 932. The first kappa shape index (κ1) is 23.4. The van der Waals surface area contributed by atoms with Gasteiger partial charge in [0.25, 0.3) is 5.91 Å². The van der Waals surface area contributed by atoms with Gasteiger partial charge >= 0.3 is 5.97 Å². The SMILES string of the molecule is CCOC(=O)c1ccc(N2CCN(CC)CC2)c(NC(=O)c2c(OC)cccc2OC)c1. The summed E-state index contributed by atoms with van der Waals surface area (Å²) in [5.41, 5.74) is 2.07. The van der Waals surface area contributed by atoms with Crippen molar-refractivity contribution in [2.45, 2.75) is 13.8 Å². The summed E-state index contributed by atoms with van der Waals surface area (Å²) in [5.74, 6) is -0.00279. The molecule has 0 radical (unpaired) electrons. The molecule has 1 heterocycles. The molecular weight excluding hydrogens is 410 g/mol. The van der Waals surface area contributed by atoms with E-state index in [0.717, 1.165) is 38.4 Å². The lowest BCUT2D eigenvalue weighted by atomic mass is 10.1. The summed E-state index contributed by atoms with van der Waals surface area (Å²) < 4.78 is 15.9. The number of nitrogens with zero attached hydrogens (tertiary/aromatic N) is 2. The fourth-order valence-corrected chi connectivity index (χ4v) is 3.82. The Kier molecular flexibility index (Phi) is 7.94. The first-order chi connectivity index (χ1) is 15.5. The van der Waals surface area contributed by atoms with Crippen LogP contribution in [0.2, 0.25) is 0 Å². The number of likely N-dealkylation sites (N-methyl/N-ethyl adjacent to an activating group) is 1. The summed E-state index contributed by atoms with van der Waals surface area (Å²) in [4.78, 5) is 30.2. The number of ether oxygens (including phenoxy) is 3. The highest BCUT2D eigenvalue weighted by molar-refractivity contribution is 6.10. The Morgan fingerprint density at radius 2 is 1.62 bits per heavy atom. The van der Waals surface area contributed by atoms with E-state index in [1.54, 1.807) is 37.3 Å². The van der Waals surface area contributed by atoms with E-state index in [9.17, 15) is 9.59 Å². The van der Waals surface area contributed by atoms with Crippen LogP contribution in [0.15, 0.2) is 36.4 Å². The lowest BCUT2D eigenvalue weighted by Gasteiger charge is -2.36. The van der Waals surface area contributed by atoms with E-state index < -0.39 is 5.97 Å². The van der Waals surface area contributed by atoms with Gasteiger partial charge in [-0.2, -0.15) is 0 Å². The van der Waals surface area contributed by atoms with Crippen LogP contribution in [0.4, 0.5) is 11.4 Å². The molecule has 0 aromatic heterocycles. The Morgan fingerprint density at radius 1 is 0.969 bits per heavy atom. The topological polar surface area (TPSA) is 80.3 Å². The van der Waals surface area contributed by atoms with Crippen LogP contribution < -0.4 is 19.7 Å². The molecule has 8 nitrogen and oxygen atoms in total. The number of carbonyl (C=O) groups excluding carboxylic acids is 2. The second kappa shape index (κ2) is 10.9. The predicted molar refractivity (Wildman–Crippen MR) is 124 cm³/mol. The minimum Gasteiger partial charge on any atom is -0.496 e. The van der Waals surface area contributed by atoms with Gasteiger partial charge in [0.15, 0.2) is 0 Å². The molecule has 8 heteroatoms. The average molecular weight is 442 g/mol. The standard InChI is InChI=1S/C24H31N3O5/c1-5-26-12-14-27(15-13-26)19-11-10-17(24(29)32-6-2)16-18(19)25-23(28)22-20(30-3)8-7-9-21(22)31-4/h7-11,16H,5-6,12-15H2,1-4H3,(H,25,28). The maximum atomic E-state index is 13.3. The quantitative estimate of drug-likeness (QED) is 0.630. The summed E-state index contributed by atoms with van der Waals surface area (Å²) in [6.07, 6.45) is 0. The van der Waals surface area contributed by atoms with Gasteiger partial charge in [-0.15, -0.1) is 0 Å². The first-order valence-electron chi connectivity index (χ1n) is 10.8. The van der Waals surface area contributed by atoms with E-state index in [1.807, 2.05) is 6.07 Å². The Labute approximate surface area is 189 Å². The molecule has 0 spiro atoms. The number of methoxy groups -OCH3 is 2. The zero-order chi connectivity index (χ0) is 23.1. The highest BCUT2D eigenvalue weighted by Gasteiger charge is 2.23. The van der Waals surface area contributed by atoms with E-state index in [1.165, 1.54) is 14.2 Å². The van der Waals surface area contributed by atoms with Crippen molar-refractivity contribution in [1.82, 2.24) is 4.90 Å². The van der Waals surface area contributed by atoms with E-state index >= 15 is 0 Å². The van der Waals surface area contributed by atoms with Crippen molar-refractivity contribution < 1.29 is 23.8 Å². The van der Waals surface area contributed by atoms with Crippen LogP contribution in [-0.4, -0.2) is 70.3 Å². The minimum absolute atomic E-state index is 0.277. The molecule has 1 aliphatic heterocycles. The summed E-state index contributed by atoms with van der Waals surface area (Å²) in [5, 5.41) is 2.97. The number of piperazine rings is 1. The number of hydrogen-bond acceptors (Lipinski definition) is 7. The molecule has 1 N–H and O–H groups in total. The molecule has 1 aliphatic rings. The van der Waals surface area contributed by atoms with Gasteiger partial charge in [-0.05, 0) is 43.8 Å². The predicted octanol–water partition coefficient (Wildman–Crippen LogP) is 3.27. The molecule has 0 unspecified atom stereocenters. The normalized spacial score (nSPS) is 14.1. The molecule has 1 amide bonds. The van der Waals surface area contributed by atoms with Gasteiger partial charge in [0, 0.05) is 26.2 Å². The maximum absolute atomic E-state index is 13.3. The Balaban J connectivity index is 1.96. The average Bonchev–Trinajstić information content (AvgIpc) is 2.83. The molecule has 2 aromatic carbocycles. The van der Waals surface area contributed by atoms with Crippen LogP contribution in [0, 0.1) is 0 Å². The lowest BCUT2D eigenvalue weighted by Crippen LogP contribution is -2.46. The molecule has 1 fully saturated rings. The van der Waals surface area contributed by atoms with Gasteiger partial charge in [-0.25, -0.2) is 4.79 Å². The first-order valence-corrected chi connectivity index (χ1v) is 10.8. The Hall–Kier alpha value is -3.26. The van der Waals surface area contributed by atoms with Crippen LogP contribution in [-0.2, 0) is 4.74 Å². The monoisotopic (exact) mass is 441 g/mol. The van der Waals surface area contributed by atoms with Gasteiger partial charge < -0.3 is 29.3 Å². The summed E-state index contributed by atoms with van der Waals surface area (Å²) in [6, 6.07) is 10.4. The second-order valence-corrected chi connectivity index (χ2v) is 7.37. The van der Waals surface area contributed by atoms with Gasteiger partial charge in [-0.3, -0.25) is 4.79 Å². The molecule has 172 valence electrons. The number of nitrogens with one attached hydrogen (secondary N) is 1. The highest BCUT2D eigenvalue weighted by atomic mass is 16.5. The Morgan fingerprint density at radius 3 is 2.19 bits per heavy atom. The van der Waals surface area contributed by atoms with Crippen molar-refractivity contribution in [3.63, 3.8) is 0 Å². The molecule has 2 aromatic rings. The number of esters is 1. The molecule has 0 atom stereocenters. The van der Waals surface area contributed by atoms with Crippen LogP contribution in [0.3, 0.4) is 0 Å². The van der Waals surface area contributed by atoms with E-state index in [2.05, 4.69) is 22.0 Å². The van der Waals surface area contributed by atoms with Crippen LogP contribution in [0.5, 0.6) is 11.5 Å². The van der Waals surface area contributed by atoms with Crippen molar-refractivity contribution in [3.05, 3.63) is 47.5 Å². The molecule has 0 saturated carbocycles. The summed E-state index contributed by atoms with van der Waals surface area (Å²) in [7, 11) is 3.01. The highest BCUT2D eigenvalue weighted by Crippen LogP contribution is 2.33. The van der Waals surface area contributed by atoms with Crippen molar-refractivity contribution >= 4 is 23.3 Å². The molecular formula is C24H31N3O5. The number of rotatable bonds is 8. The molecule has 0 bridgehead atoms. The molecule has 3 rings (SSSR count). The third kappa shape index (κ3) is 5.13. The van der Waals surface area contributed by atoms with Gasteiger partial charge in [0.1, 0.15) is 17.1 Å². The number of benzene rings is 2. The van der Waals surface area contributed by atoms with Crippen molar-refractivity contribution in [2.75, 3.05) is 63.8 Å². The van der Waals surface area contributed by atoms with Gasteiger partial charge in [-0.1, -0.05) is 13.0 Å². The third-order valence-electron chi connectivity index (χ3n) is 5.57. The van der Waals surface area contributed by atoms with E-state index in [-0.39, 0.29) is 12.5 Å². The van der Waals surface area contributed by atoms with E-state index in [4.69, 9.17) is 14.2 Å². The van der Waals surface area contributed by atoms with Gasteiger partial charge in [0.05, 0.1) is 37.8 Å². The zero-order valence-corrected chi connectivity index (χ0v) is 19.1. The van der Waals surface area contributed by atoms with Crippen LogP contribution in [0.25, 0.3) is 0 Å². The number of carbonyl (C=O) groups is 2. The smallest absolute Gasteiger partial charge is 0.338 e. The second-order valence-electron chi connectivity index (χ2n) is 7.37. The molecule has 1 saturated heterocycles. The van der Waals surface area contributed by atoms with Crippen molar-refractivity contribution in [1.29, 1.82) is 0 Å². The number of anilines is 2. The fraction of sp³-hybridized carbons (Fsp3) is 0.417. The zero-order valence-electron chi connectivity index (χ0n) is 19.1. The van der Waals surface area contributed by atoms with Crippen molar-refractivity contribution in [2.24, 2.45) is 0 Å². The van der Waals surface area contributed by atoms with Gasteiger partial charge in [0.2, 0.25) is 0 Å². The fourth-order valence-electron chi connectivity index (χ4n) is 3.82. The molecule has 32 heavy (non-hydrogen) atoms. The van der Waals surface area contributed by atoms with E-state index in [0.29, 0.717) is 28.3 Å². The maximum Gasteiger partial charge on any atom is 0.338 e. The van der Waals surface area contributed by atoms with Crippen LogP contribution in [0.1, 0.15) is 34.6 Å². The summed E-state index contributed by atoms with van der Waals surface area (Å²) in [6.45, 7) is 8.72. The minimum atomic E-state index is -0.430. The van der Waals surface area contributed by atoms with Crippen LogP contribution >= 0.6 is 0 Å². The van der Waals surface area contributed by atoms with Crippen molar-refractivity contribution in [3.8, 4) is 11.5 Å². The third-order valence-corrected chi connectivity index (χ3v) is 5.57.